The lowest BCUT2D eigenvalue weighted by atomic mass is 10.0. The van der Waals surface area contributed by atoms with E-state index >= 15 is 0 Å². The van der Waals surface area contributed by atoms with Crippen LogP contribution < -0.4 is 11.1 Å². The van der Waals surface area contributed by atoms with Gasteiger partial charge in [0.2, 0.25) is 5.95 Å². The van der Waals surface area contributed by atoms with Gasteiger partial charge in [0.05, 0.1) is 0 Å². The number of aryl methyl sites for hydroxylation is 1. The highest BCUT2D eigenvalue weighted by Crippen LogP contribution is 2.28. The Hall–Kier alpha value is -2.04. The second kappa shape index (κ2) is 5.30. The quantitative estimate of drug-likeness (QED) is 0.828. The second-order valence-electron chi connectivity index (χ2n) is 4.63. The highest BCUT2D eigenvalue weighted by Gasteiger charge is 2.15. The molecule has 0 saturated carbocycles. The molecule has 1 aromatic heterocycles. The van der Waals surface area contributed by atoms with Crippen molar-refractivity contribution >= 4 is 11.6 Å². The van der Waals surface area contributed by atoms with Gasteiger partial charge in [0.15, 0.2) is 5.82 Å². The van der Waals surface area contributed by atoms with E-state index in [1.807, 2.05) is 19.1 Å². The maximum Gasteiger partial charge on any atom is 0.224 e. The van der Waals surface area contributed by atoms with Crippen LogP contribution in [-0.2, 0) is 6.54 Å². The summed E-state index contributed by atoms with van der Waals surface area (Å²) in [6.45, 7) is 9.93. The van der Waals surface area contributed by atoms with Crippen molar-refractivity contribution in [3.8, 4) is 11.4 Å². The first-order chi connectivity index (χ1) is 9.08. The Morgan fingerprint density at radius 2 is 1.95 bits per heavy atom. The molecule has 102 valence electrons. The predicted molar refractivity (Wildman–Crippen MR) is 79.2 cm³/mol. The summed E-state index contributed by atoms with van der Waals surface area (Å²) in [6.07, 6.45) is 0. The fourth-order valence-electron chi connectivity index (χ4n) is 2.21. The van der Waals surface area contributed by atoms with Crippen LogP contribution in [0, 0.1) is 13.8 Å². The van der Waals surface area contributed by atoms with Crippen molar-refractivity contribution < 1.29 is 0 Å². The Bertz CT molecular complexity index is 586. The third kappa shape index (κ3) is 2.41. The zero-order valence-corrected chi connectivity index (χ0v) is 12.0. The summed E-state index contributed by atoms with van der Waals surface area (Å²) in [5.41, 5.74) is 10.1. The zero-order valence-electron chi connectivity index (χ0n) is 12.0. The van der Waals surface area contributed by atoms with Gasteiger partial charge in [0, 0.05) is 24.3 Å². The van der Waals surface area contributed by atoms with Crippen molar-refractivity contribution in [3.63, 3.8) is 0 Å². The maximum atomic E-state index is 5.95. The van der Waals surface area contributed by atoms with Crippen LogP contribution >= 0.6 is 0 Å². The molecule has 0 bridgehead atoms. The molecule has 0 aliphatic carbocycles. The highest BCUT2D eigenvalue weighted by atomic mass is 15.3. The van der Waals surface area contributed by atoms with Crippen molar-refractivity contribution in [1.82, 2.24) is 14.8 Å². The fourth-order valence-corrected chi connectivity index (χ4v) is 2.21. The summed E-state index contributed by atoms with van der Waals surface area (Å²) in [6, 6.07) is 3.95. The predicted octanol–water partition coefficient (Wildman–Crippen LogP) is 2.60. The molecule has 5 nitrogen and oxygen atoms in total. The molecule has 3 N–H and O–H groups in total. The first-order valence-corrected chi connectivity index (χ1v) is 6.62. The van der Waals surface area contributed by atoms with Crippen LogP contribution in [0.5, 0.6) is 0 Å². The Kier molecular flexibility index (Phi) is 3.74. The van der Waals surface area contributed by atoms with Crippen molar-refractivity contribution in [2.45, 2.75) is 34.2 Å². The zero-order chi connectivity index (χ0) is 14.0. The molecule has 5 heteroatoms. The van der Waals surface area contributed by atoms with Crippen molar-refractivity contribution in [2.24, 2.45) is 0 Å². The van der Waals surface area contributed by atoms with E-state index in [-0.39, 0.29) is 0 Å². The van der Waals surface area contributed by atoms with Gasteiger partial charge >= 0.3 is 0 Å². The molecule has 19 heavy (non-hydrogen) atoms. The van der Waals surface area contributed by atoms with Crippen LogP contribution in [0.3, 0.4) is 0 Å². The average molecular weight is 259 g/mol. The molecule has 0 aliphatic heterocycles. The number of rotatable bonds is 4. The van der Waals surface area contributed by atoms with E-state index in [9.17, 15) is 0 Å². The van der Waals surface area contributed by atoms with Crippen LogP contribution in [0.25, 0.3) is 11.4 Å². The molecule has 0 amide bonds. The van der Waals surface area contributed by atoms with Gasteiger partial charge in [-0.1, -0.05) is 0 Å². The van der Waals surface area contributed by atoms with Crippen molar-refractivity contribution in [3.05, 3.63) is 23.3 Å². The number of nitrogens with two attached hydrogens (primary N) is 1. The molecular weight excluding hydrogens is 238 g/mol. The summed E-state index contributed by atoms with van der Waals surface area (Å²) >= 11 is 0. The van der Waals surface area contributed by atoms with E-state index in [4.69, 9.17) is 5.73 Å². The van der Waals surface area contributed by atoms with E-state index in [1.54, 1.807) is 0 Å². The van der Waals surface area contributed by atoms with Crippen molar-refractivity contribution in [2.75, 3.05) is 17.6 Å². The summed E-state index contributed by atoms with van der Waals surface area (Å²) in [5, 5.41) is 11.8. The van der Waals surface area contributed by atoms with Crippen LogP contribution in [0.2, 0.25) is 0 Å². The topological polar surface area (TPSA) is 68.8 Å². The first kappa shape index (κ1) is 13.4. The number of benzene rings is 1. The minimum Gasteiger partial charge on any atom is -0.399 e. The highest BCUT2D eigenvalue weighted by molar-refractivity contribution is 5.68. The van der Waals surface area contributed by atoms with Gasteiger partial charge in [0.1, 0.15) is 0 Å². The third-order valence-corrected chi connectivity index (χ3v) is 3.33. The lowest BCUT2D eigenvalue weighted by Gasteiger charge is -2.12. The molecular formula is C14H21N5. The van der Waals surface area contributed by atoms with E-state index < -0.39 is 0 Å². The van der Waals surface area contributed by atoms with E-state index in [2.05, 4.69) is 40.9 Å². The van der Waals surface area contributed by atoms with Crippen LogP contribution in [0.4, 0.5) is 11.6 Å². The molecule has 0 fully saturated rings. The van der Waals surface area contributed by atoms with Crippen LogP contribution in [0.1, 0.15) is 25.0 Å². The van der Waals surface area contributed by atoms with E-state index in [0.29, 0.717) is 0 Å². The molecule has 1 aromatic carbocycles. The number of hydrogen-bond acceptors (Lipinski definition) is 4. The standard InChI is InChI=1S/C14H21N5/c1-5-16-14-18-17-13(19(14)6-2)12-8-11(15)7-9(3)10(12)4/h7-8H,5-6,15H2,1-4H3,(H,16,18). The number of hydrogen-bond donors (Lipinski definition) is 2. The summed E-state index contributed by atoms with van der Waals surface area (Å²) in [7, 11) is 0. The molecule has 0 spiro atoms. The largest absolute Gasteiger partial charge is 0.399 e. The number of aromatic nitrogens is 3. The Balaban J connectivity index is 2.59. The minimum absolute atomic E-state index is 0.758. The second-order valence-corrected chi connectivity index (χ2v) is 4.63. The normalized spacial score (nSPS) is 10.7. The molecule has 1 heterocycles. The molecule has 0 aliphatic rings. The van der Waals surface area contributed by atoms with Gasteiger partial charge in [-0.05, 0) is 51.0 Å². The SMILES string of the molecule is CCNc1nnc(-c2cc(N)cc(C)c2C)n1CC. The van der Waals surface area contributed by atoms with E-state index in [1.165, 1.54) is 11.1 Å². The van der Waals surface area contributed by atoms with Gasteiger partial charge in [-0.15, -0.1) is 10.2 Å². The molecule has 0 atom stereocenters. The summed E-state index contributed by atoms with van der Waals surface area (Å²) in [5.74, 6) is 1.67. The fraction of sp³-hybridized carbons (Fsp3) is 0.429. The molecule has 2 aromatic rings. The summed E-state index contributed by atoms with van der Waals surface area (Å²) in [4.78, 5) is 0. The van der Waals surface area contributed by atoms with Crippen LogP contribution in [0.15, 0.2) is 12.1 Å². The van der Waals surface area contributed by atoms with Gasteiger partial charge in [-0.25, -0.2) is 0 Å². The van der Waals surface area contributed by atoms with Crippen LogP contribution in [-0.4, -0.2) is 21.3 Å². The Morgan fingerprint density at radius 3 is 2.58 bits per heavy atom. The van der Waals surface area contributed by atoms with E-state index in [0.717, 1.165) is 36.1 Å². The Morgan fingerprint density at radius 1 is 1.21 bits per heavy atom. The number of nitrogens with zero attached hydrogens (tertiary/aromatic N) is 3. The minimum atomic E-state index is 0.758. The van der Waals surface area contributed by atoms with Gasteiger partial charge in [-0.3, -0.25) is 4.57 Å². The number of nitrogens with one attached hydrogen (secondary N) is 1. The number of anilines is 2. The smallest absolute Gasteiger partial charge is 0.224 e. The molecule has 0 radical (unpaired) electrons. The maximum absolute atomic E-state index is 5.95. The van der Waals surface area contributed by atoms with Gasteiger partial charge < -0.3 is 11.1 Å². The first-order valence-electron chi connectivity index (χ1n) is 6.62. The third-order valence-electron chi connectivity index (χ3n) is 3.33. The summed E-state index contributed by atoms with van der Waals surface area (Å²) < 4.78 is 2.07. The number of nitrogen functional groups attached to an aromatic ring is 1. The molecule has 0 unspecified atom stereocenters. The lowest BCUT2D eigenvalue weighted by molar-refractivity contribution is 0.770. The van der Waals surface area contributed by atoms with Crippen molar-refractivity contribution in [1.29, 1.82) is 0 Å². The monoisotopic (exact) mass is 259 g/mol. The van der Waals surface area contributed by atoms with Gasteiger partial charge in [0.25, 0.3) is 0 Å². The Labute approximate surface area is 113 Å². The molecule has 0 saturated heterocycles. The van der Waals surface area contributed by atoms with Gasteiger partial charge in [-0.2, -0.15) is 0 Å². The lowest BCUT2D eigenvalue weighted by Crippen LogP contribution is -2.07. The average Bonchev–Trinajstić information content (AvgIpc) is 2.77. The molecule has 2 rings (SSSR count).